The molecule has 0 saturated carbocycles. The number of H-pyrrole nitrogens is 2. The van der Waals surface area contributed by atoms with E-state index >= 15 is 0 Å². The minimum absolute atomic E-state index is 0.202. The van der Waals surface area contributed by atoms with Crippen LogP contribution in [0.5, 0.6) is 0 Å². The molecule has 0 bridgehead atoms. The monoisotopic (exact) mass is 366 g/mol. The molecule has 8 heteroatoms. The lowest BCUT2D eigenvalue weighted by Crippen LogP contribution is -2.33. The van der Waals surface area contributed by atoms with Crippen LogP contribution < -0.4 is 21.8 Å². The molecule has 8 nitrogen and oxygen atoms in total. The van der Waals surface area contributed by atoms with Crippen molar-refractivity contribution >= 4 is 28.5 Å². The molecule has 0 atom stereocenters. The van der Waals surface area contributed by atoms with Gasteiger partial charge in [0, 0.05) is 11.3 Å². The molecule has 3 aromatic rings. The first-order valence-electron chi connectivity index (χ1n) is 8.26. The highest BCUT2D eigenvalue weighted by Crippen LogP contribution is 2.19. The third-order valence-corrected chi connectivity index (χ3v) is 4.14. The van der Waals surface area contributed by atoms with Crippen LogP contribution in [0.25, 0.3) is 11.0 Å². The molecular formula is C19H18N4O4. The molecule has 0 unspecified atom stereocenters. The second-order valence-electron chi connectivity index (χ2n) is 6.17. The van der Waals surface area contributed by atoms with E-state index in [9.17, 15) is 19.2 Å². The van der Waals surface area contributed by atoms with Gasteiger partial charge >= 0.3 is 11.1 Å². The first-order chi connectivity index (χ1) is 12.8. The molecule has 0 aliphatic rings. The molecular weight excluding hydrogens is 348 g/mol. The van der Waals surface area contributed by atoms with E-state index in [0.29, 0.717) is 11.0 Å². The summed E-state index contributed by atoms with van der Waals surface area (Å²) in [6.45, 7) is 3.58. The predicted octanol–water partition coefficient (Wildman–Crippen LogP) is 1.20. The van der Waals surface area contributed by atoms with E-state index in [0.717, 1.165) is 16.8 Å². The van der Waals surface area contributed by atoms with Crippen LogP contribution in [0.4, 0.5) is 5.69 Å². The summed E-state index contributed by atoms with van der Waals surface area (Å²) in [7, 11) is 0. The topological polar surface area (TPSA) is 124 Å². The maximum absolute atomic E-state index is 12.3. The van der Waals surface area contributed by atoms with Crippen LogP contribution in [0.2, 0.25) is 0 Å². The van der Waals surface area contributed by atoms with Gasteiger partial charge in [0.25, 0.3) is 5.91 Å². The van der Waals surface area contributed by atoms with Crippen LogP contribution in [0.15, 0.2) is 46.0 Å². The molecule has 0 radical (unpaired) electrons. The van der Waals surface area contributed by atoms with Gasteiger partial charge in [-0.3, -0.25) is 19.2 Å². The minimum atomic E-state index is -0.798. The van der Waals surface area contributed by atoms with Crippen molar-refractivity contribution in [1.29, 1.82) is 0 Å². The van der Waals surface area contributed by atoms with Gasteiger partial charge in [0.2, 0.25) is 5.91 Å². The van der Waals surface area contributed by atoms with E-state index in [2.05, 4.69) is 20.6 Å². The van der Waals surface area contributed by atoms with Gasteiger partial charge in [-0.1, -0.05) is 18.2 Å². The smallest absolute Gasteiger partial charge is 0.314 e. The Hall–Kier alpha value is -3.68. The normalized spacial score (nSPS) is 10.6. The highest BCUT2D eigenvalue weighted by Gasteiger charge is 2.11. The zero-order chi connectivity index (χ0) is 19.6. The average Bonchev–Trinajstić information content (AvgIpc) is 2.63. The molecule has 2 aromatic carbocycles. The fourth-order valence-corrected chi connectivity index (χ4v) is 2.71. The molecule has 138 valence electrons. The lowest BCUT2D eigenvalue weighted by molar-refractivity contribution is -0.115. The van der Waals surface area contributed by atoms with Gasteiger partial charge in [-0.2, -0.15) is 0 Å². The number of benzene rings is 2. The Bertz CT molecular complexity index is 1140. The molecule has 27 heavy (non-hydrogen) atoms. The van der Waals surface area contributed by atoms with Gasteiger partial charge in [-0.25, -0.2) is 0 Å². The number of aromatic amines is 2. The Morgan fingerprint density at radius 2 is 1.56 bits per heavy atom. The number of carbonyl (C=O) groups is 2. The maximum atomic E-state index is 12.3. The summed E-state index contributed by atoms with van der Waals surface area (Å²) in [4.78, 5) is 51.9. The van der Waals surface area contributed by atoms with E-state index in [1.54, 1.807) is 0 Å². The standard InChI is InChI=1S/C19H18N4O4/c1-10-4-3-5-11(2)16(10)23-15(24)9-20-17(25)12-6-7-13-14(8-12)22-19(27)18(26)21-13/h3-8H,9H2,1-2H3,(H,20,25)(H,21,26)(H,22,27)(H,23,24). The average molecular weight is 366 g/mol. The predicted molar refractivity (Wildman–Crippen MR) is 102 cm³/mol. The molecule has 0 aliphatic carbocycles. The van der Waals surface area contributed by atoms with Gasteiger partial charge in [0.1, 0.15) is 0 Å². The zero-order valence-electron chi connectivity index (χ0n) is 14.8. The van der Waals surface area contributed by atoms with Crippen molar-refractivity contribution in [1.82, 2.24) is 15.3 Å². The van der Waals surface area contributed by atoms with E-state index in [4.69, 9.17) is 0 Å². The van der Waals surface area contributed by atoms with Gasteiger partial charge in [0.15, 0.2) is 0 Å². The molecule has 4 N–H and O–H groups in total. The third-order valence-electron chi connectivity index (χ3n) is 4.14. The van der Waals surface area contributed by atoms with Gasteiger partial charge in [0.05, 0.1) is 17.6 Å². The summed E-state index contributed by atoms with van der Waals surface area (Å²) >= 11 is 0. The van der Waals surface area contributed by atoms with Gasteiger partial charge in [-0.05, 0) is 43.2 Å². The number of amides is 2. The van der Waals surface area contributed by atoms with Crippen molar-refractivity contribution in [3.63, 3.8) is 0 Å². The van der Waals surface area contributed by atoms with E-state index in [-0.39, 0.29) is 18.0 Å². The second kappa shape index (κ2) is 7.28. The van der Waals surface area contributed by atoms with Crippen molar-refractivity contribution in [2.45, 2.75) is 13.8 Å². The summed E-state index contributed by atoms with van der Waals surface area (Å²) < 4.78 is 0. The molecule has 3 rings (SSSR count). The zero-order valence-corrected chi connectivity index (χ0v) is 14.8. The lowest BCUT2D eigenvalue weighted by atomic mass is 10.1. The first-order valence-corrected chi connectivity index (χ1v) is 8.26. The van der Waals surface area contributed by atoms with Crippen LogP contribution in [0.1, 0.15) is 21.5 Å². The van der Waals surface area contributed by atoms with Crippen LogP contribution in [0, 0.1) is 13.8 Å². The fourth-order valence-electron chi connectivity index (χ4n) is 2.71. The van der Waals surface area contributed by atoms with E-state index < -0.39 is 17.0 Å². The molecule has 0 aliphatic heterocycles. The second-order valence-corrected chi connectivity index (χ2v) is 6.17. The first kappa shape index (κ1) is 18.1. The van der Waals surface area contributed by atoms with Gasteiger partial charge in [-0.15, -0.1) is 0 Å². The molecule has 0 saturated heterocycles. The number of fused-ring (bicyclic) bond motifs is 1. The number of hydrogen-bond donors (Lipinski definition) is 4. The highest BCUT2D eigenvalue weighted by molar-refractivity contribution is 6.01. The summed E-state index contributed by atoms with van der Waals surface area (Å²) in [5.74, 6) is -0.820. The Kier molecular flexibility index (Phi) is 4.89. The summed E-state index contributed by atoms with van der Waals surface area (Å²) in [5.41, 5.74) is 2.02. The number of para-hydroxylation sites is 1. The number of anilines is 1. The Balaban J connectivity index is 1.69. The minimum Gasteiger partial charge on any atom is -0.343 e. The molecule has 1 heterocycles. The molecule has 0 fully saturated rings. The number of carbonyl (C=O) groups excluding carboxylic acids is 2. The summed E-state index contributed by atoms with van der Waals surface area (Å²) in [6.07, 6.45) is 0. The lowest BCUT2D eigenvalue weighted by Gasteiger charge is -2.12. The van der Waals surface area contributed by atoms with E-state index in [1.165, 1.54) is 18.2 Å². The van der Waals surface area contributed by atoms with Crippen molar-refractivity contribution in [2.24, 2.45) is 0 Å². The Morgan fingerprint density at radius 3 is 2.22 bits per heavy atom. The van der Waals surface area contributed by atoms with Crippen molar-refractivity contribution < 1.29 is 9.59 Å². The number of aromatic nitrogens is 2. The molecule has 2 amide bonds. The van der Waals surface area contributed by atoms with Gasteiger partial charge < -0.3 is 20.6 Å². The largest absolute Gasteiger partial charge is 0.343 e. The van der Waals surface area contributed by atoms with Crippen molar-refractivity contribution in [3.8, 4) is 0 Å². The van der Waals surface area contributed by atoms with Crippen molar-refractivity contribution in [2.75, 3.05) is 11.9 Å². The number of nitrogens with one attached hydrogen (secondary N) is 4. The van der Waals surface area contributed by atoms with Crippen LogP contribution in [-0.4, -0.2) is 28.3 Å². The Morgan fingerprint density at radius 1 is 0.926 bits per heavy atom. The maximum Gasteiger partial charge on any atom is 0.314 e. The van der Waals surface area contributed by atoms with Crippen molar-refractivity contribution in [3.05, 3.63) is 73.8 Å². The third kappa shape index (κ3) is 3.95. The molecule has 1 aromatic heterocycles. The van der Waals surface area contributed by atoms with Crippen LogP contribution in [-0.2, 0) is 4.79 Å². The number of hydrogen-bond acceptors (Lipinski definition) is 4. The number of rotatable bonds is 4. The summed E-state index contributed by atoms with van der Waals surface area (Å²) in [6, 6.07) is 10.1. The van der Waals surface area contributed by atoms with Crippen LogP contribution >= 0.6 is 0 Å². The number of aryl methyl sites for hydroxylation is 2. The summed E-state index contributed by atoms with van der Waals surface area (Å²) in [5, 5.41) is 5.32. The Labute approximate surface area is 153 Å². The fraction of sp³-hybridized carbons (Fsp3) is 0.158. The molecule has 0 spiro atoms. The quantitative estimate of drug-likeness (QED) is 0.518. The van der Waals surface area contributed by atoms with E-state index in [1.807, 2.05) is 32.0 Å². The van der Waals surface area contributed by atoms with Crippen LogP contribution in [0.3, 0.4) is 0 Å². The SMILES string of the molecule is Cc1cccc(C)c1NC(=O)CNC(=O)c1ccc2[nH]c(=O)c(=O)[nH]c2c1. The highest BCUT2D eigenvalue weighted by atomic mass is 16.2.